The summed E-state index contributed by atoms with van der Waals surface area (Å²) in [6.07, 6.45) is 0. The van der Waals surface area contributed by atoms with E-state index < -0.39 is 0 Å². The van der Waals surface area contributed by atoms with Crippen molar-refractivity contribution >= 4 is 39.1 Å². The predicted molar refractivity (Wildman–Crippen MR) is 109 cm³/mol. The summed E-state index contributed by atoms with van der Waals surface area (Å²) in [4.78, 5) is 25.3. The Morgan fingerprint density at radius 3 is 2.22 bits per heavy atom. The Labute approximate surface area is 165 Å². The van der Waals surface area contributed by atoms with Crippen LogP contribution >= 0.6 is 15.9 Å². The van der Waals surface area contributed by atoms with Gasteiger partial charge in [0, 0.05) is 16.2 Å². The molecule has 0 unspecified atom stereocenters. The number of amides is 2. The average molecular weight is 425 g/mol. The van der Waals surface area contributed by atoms with Gasteiger partial charge in [0.1, 0.15) is 5.75 Å². The van der Waals surface area contributed by atoms with Gasteiger partial charge in [-0.2, -0.15) is 0 Å². The largest absolute Gasteiger partial charge is 0.497 e. The molecule has 27 heavy (non-hydrogen) atoms. The highest BCUT2D eigenvalue weighted by atomic mass is 79.9. The third-order valence-corrected chi connectivity index (χ3v) is 4.56. The Kier molecular flexibility index (Phi) is 5.88. The first-order chi connectivity index (χ1) is 13.1. The fourth-order valence-corrected chi connectivity index (χ4v) is 2.99. The number of hydrogen-bond acceptors (Lipinski definition) is 3. The average Bonchev–Trinajstić information content (AvgIpc) is 2.68. The molecule has 0 heterocycles. The number of carbonyl (C=O) groups is 2. The van der Waals surface area contributed by atoms with Gasteiger partial charge in [-0.05, 0) is 52.3 Å². The fraction of sp³-hybridized carbons (Fsp3) is 0.0476. The highest BCUT2D eigenvalue weighted by molar-refractivity contribution is 9.10. The number of ether oxygens (including phenoxy) is 1. The zero-order valence-electron chi connectivity index (χ0n) is 14.5. The molecule has 6 heteroatoms. The molecule has 0 bridgehead atoms. The van der Waals surface area contributed by atoms with E-state index in [4.69, 9.17) is 4.74 Å². The van der Waals surface area contributed by atoms with Gasteiger partial charge in [-0.15, -0.1) is 0 Å². The van der Waals surface area contributed by atoms with Crippen LogP contribution in [-0.2, 0) is 0 Å². The number of halogens is 1. The maximum atomic E-state index is 12.7. The van der Waals surface area contributed by atoms with Crippen LogP contribution in [0.4, 0.5) is 11.4 Å². The van der Waals surface area contributed by atoms with E-state index in [1.165, 1.54) is 0 Å². The number of carbonyl (C=O) groups excluding carboxylic acids is 2. The van der Waals surface area contributed by atoms with Crippen LogP contribution in [0.3, 0.4) is 0 Å². The molecule has 0 saturated heterocycles. The Bertz CT molecular complexity index is 988. The first kappa shape index (κ1) is 18.7. The zero-order chi connectivity index (χ0) is 19.2. The lowest BCUT2D eigenvalue weighted by molar-refractivity contribution is 0.102. The van der Waals surface area contributed by atoms with E-state index in [9.17, 15) is 9.59 Å². The monoisotopic (exact) mass is 424 g/mol. The molecule has 2 amide bonds. The number of hydrogen-bond donors (Lipinski definition) is 2. The minimum atomic E-state index is -0.328. The van der Waals surface area contributed by atoms with Gasteiger partial charge in [-0.1, -0.05) is 30.3 Å². The number of anilines is 2. The number of methoxy groups -OCH3 is 1. The minimum Gasteiger partial charge on any atom is -0.497 e. The van der Waals surface area contributed by atoms with Crippen LogP contribution in [0, 0.1) is 0 Å². The second-order valence-electron chi connectivity index (χ2n) is 5.67. The molecule has 0 atom stereocenters. The number of nitrogens with one attached hydrogen (secondary N) is 2. The SMILES string of the molecule is COc1cccc(NC(=O)c2ccccc2NC(=O)c2ccccc2Br)c1. The minimum absolute atomic E-state index is 0.302. The summed E-state index contributed by atoms with van der Waals surface area (Å²) in [5, 5.41) is 5.62. The van der Waals surface area contributed by atoms with E-state index in [2.05, 4.69) is 26.6 Å². The Morgan fingerprint density at radius 1 is 0.815 bits per heavy atom. The number of benzene rings is 3. The van der Waals surface area contributed by atoms with E-state index in [0.29, 0.717) is 32.7 Å². The van der Waals surface area contributed by atoms with Gasteiger partial charge in [0.15, 0.2) is 0 Å². The molecular formula is C21H17BrN2O3. The highest BCUT2D eigenvalue weighted by Crippen LogP contribution is 2.22. The van der Waals surface area contributed by atoms with Crippen LogP contribution < -0.4 is 15.4 Å². The molecule has 3 rings (SSSR count). The van der Waals surface area contributed by atoms with Crippen LogP contribution in [0.2, 0.25) is 0 Å². The number of rotatable bonds is 5. The van der Waals surface area contributed by atoms with E-state index in [0.717, 1.165) is 0 Å². The molecular weight excluding hydrogens is 408 g/mol. The van der Waals surface area contributed by atoms with E-state index in [1.54, 1.807) is 73.8 Å². The quantitative estimate of drug-likeness (QED) is 0.607. The van der Waals surface area contributed by atoms with Crippen molar-refractivity contribution in [3.63, 3.8) is 0 Å². The van der Waals surface area contributed by atoms with E-state index >= 15 is 0 Å². The third-order valence-electron chi connectivity index (χ3n) is 3.87. The Hall–Kier alpha value is -3.12. The molecule has 3 aromatic carbocycles. The van der Waals surface area contributed by atoms with Gasteiger partial charge in [-0.25, -0.2) is 0 Å². The standard InChI is InChI=1S/C21H17BrN2O3/c1-27-15-8-6-7-14(13-15)23-21(26)17-10-3-5-12-19(17)24-20(25)16-9-2-4-11-18(16)22/h2-13H,1H3,(H,23,26)(H,24,25). The van der Waals surface area contributed by atoms with Crippen molar-refractivity contribution in [2.45, 2.75) is 0 Å². The first-order valence-corrected chi connectivity index (χ1v) is 8.98. The number of para-hydroxylation sites is 1. The van der Waals surface area contributed by atoms with Gasteiger partial charge in [0.05, 0.1) is 23.9 Å². The van der Waals surface area contributed by atoms with Crippen molar-refractivity contribution in [2.24, 2.45) is 0 Å². The lowest BCUT2D eigenvalue weighted by Gasteiger charge is -2.12. The summed E-state index contributed by atoms with van der Waals surface area (Å²) in [6, 6.07) is 21.0. The molecule has 0 fully saturated rings. The lowest BCUT2D eigenvalue weighted by Crippen LogP contribution is -2.18. The summed E-state index contributed by atoms with van der Waals surface area (Å²) in [5.41, 5.74) is 1.88. The van der Waals surface area contributed by atoms with Crippen molar-refractivity contribution < 1.29 is 14.3 Å². The molecule has 0 saturated carbocycles. The maximum absolute atomic E-state index is 12.7. The molecule has 136 valence electrons. The van der Waals surface area contributed by atoms with E-state index in [-0.39, 0.29) is 11.8 Å². The van der Waals surface area contributed by atoms with Crippen LogP contribution in [-0.4, -0.2) is 18.9 Å². The molecule has 0 radical (unpaired) electrons. The van der Waals surface area contributed by atoms with Gasteiger partial charge in [-0.3, -0.25) is 9.59 Å². The molecule has 0 aromatic heterocycles. The molecule has 3 aromatic rings. The maximum Gasteiger partial charge on any atom is 0.257 e. The molecule has 0 aliphatic rings. The molecule has 0 spiro atoms. The van der Waals surface area contributed by atoms with Gasteiger partial charge in [0.25, 0.3) is 11.8 Å². The third kappa shape index (κ3) is 4.54. The summed E-state index contributed by atoms with van der Waals surface area (Å²) in [6.45, 7) is 0. The van der Waals surface area contributed by atoms with Crippen LogP contribution in [0.5, 0.6) is 5.75 Å². The Balaban J connectivity index is 1.82. The second-order valence-corrected chi connectivity index (χ2v) is 6.52. The second kappa shape index (κ2) is 8.51. The van der Waals surface area contributed by atoms with Crippen molar-refractivity contribution in [3.05, 3.63) is 88.4 Å². The van der Waals surface area contributed by atoms with Crippen molar-refractivity contribution in [1.82, 2.24) is 0 Å². The summed E-state index contributed by atoms with van der Waals surface area (Å²) < 4.78 is 5.85. The smallest absolute Gasteiger partial charge is 0.257 e. The fourth-order valence-electron chi connectivity index (χ4n) is 2.52. The zero-order valence-corrected chi connectivity index (χ0v) is 16.1. The van der Waals surface area contributed by atoms with Crippen LogP contribution in [0.1, 0.15) is 20.7 Å². The van der Waals surface area contributed by atoms with Crippen molar-refractivity contribution in [3.8, 4) is 5.75 Å². The molecule has 0 aliphatic heterocycles. The molecule has 0 aliphatic carbocycles. The van der Waals surface area contributed by atoms with Crippen molar-refractivity contribution in [1.29, 1.82) is 0 Å². The topological polar surface area (TPSA) is 67.4 Å². The molecule has 5 nitrogen and oxygen atoms in total. The van der Waals surface area contributed by atoms with E-state index in [1.807, 2.05) is 6.07 Å². The van der Waals surface area contributed by atoms with Gasteiger partial charge in [0.2, 0.25) is 0 Å². The van der Waals surface area contributed by atoms with Crippen LogP contribution in [0.25, 0.3) is 0 Å². The van der Waals surface area contributed by atoms with Crippen LogP contribution in [0.15, 0.2) is 77.3 Å². The predicted octanol–water partition coefficient (Wildman–Crippen LogP) is 4.96. The summed E-state index contributed by atoms with van der Waals surface area (Å²) >= 11 is 3.36. The molecule has 2 N–H and O–H groups in total. The highest BCUT2D eigenvalue weighted by Gasteiger charge is 2.15. The first-order valence-electron chi connectivity index (χ1n) is 8.19. The normalized spacial score (nSPS) is 10.1. The van der Waals surface area contributed by atoms with Crippen molar-refractivity contribution in [2.75, 3.05) is 17.7 Å². The lowest BCUT2D eigenvalue weighted by atomic mass is 10.1. The Morgan fingerprint density at radius 2 is 1.48 bits per heavy atom. The summed E-state index contributed by atoms with van der Waals surface area (Å²) in [5.74, 6) is 0.0127. The summed E-state index contributed by atoms with van der Waals surface area (Å²) in [7, 11) is 1.56. The van der Waals surface area contributed by atoms with Gasteiger partial charge >= 0.3 is 0 Å². The van der Waals surface area contributed by atoms with Gasteiger partial charge < -0.3 is 15.4 Å².